The first-order valence-electron chi connectivity index (χ1n) is 6.96. The van der Waals surface area contributed by atoms with E-state index in [-0.39, 0.29) is 11.8 Å². The van der Waals surface area contributed by atoms with E-state index in [0.717, 1.165) is 11.1 Å². The Bertz CT molecular complexity index is 691. The lowest BCUT2D eigenvalue weighted by molar-refractivity contribution is 0.0937. The maximum Gasteiger partial charge on any atom is 0.265 e. The van der Waals surface area contributed by atoms with Gasteiger partial charge in [0.15, 0.2) is 0 Å². The van der Waals surface area contributed by atoms with Gasteiger partial charge in [-0.3, -0.25) is 15.0 Å². The number of benzene rings is 2. The number of aryl methyl sites for hydroxylation is 2. The van der Waals surface area contributed by atoms with E-state index in [9.17, 15) is 9.59 Å². The second-order valence-corrected chi connectivity index (χ2v) is 5.12. The Balaban J connectivity index is 2.18. The van der Waals surface area contributed by atoms with Crippen molar-refractivity contribution in [2.75, 3.05) is 12.4 Å². The third-order valence-corrected chi connectivity index (χ3v) is 3.11. The van der Waals surface area contributed by atoms with Gasteiger partial charge in [0, 0.05) is 23.9 Å². The van der Waals surface area contributed by atoms with Gasteiger partial charge in [-0.05, 0) is 44.2 Å². The first kappa shape index (κ1) is 15.7. The van der Waals surface area contributed by atoms with Crippen LogP contribution in [0.4, 0.5) is 5.69 Å². The Morgan fingerprint density at radius 1 is 0.864 bits per heavy atom. The highest BCUT2D eigenvalue weighted by Gasteiger charge is 2.09. The highest BCUT2D eigenvalue weighted by molar-refractivity contribution is 6.05. The zero-order valence-electron chi connectivity index (χ0n) is 12.9. The molecule has 0 unspecified atom stereocenters. The summed E-state index contributed by atoms with van der Waals surface area (Å²) in [6.45, 7) is 3.90. The number of carbonyl (C=O) groups excluding carboxylic acids is 2. The Morgan fingerprint density at radius 3 is 2.18 bits per heavy atom. The Morgan fingerprint density at radius 2 is 1.55 bits per heavy atom. The van der Waals surface area contributed by atoms with E-state index >= 15 is 0 Å². The van der Waals surface area contributed by atoms with Crippen LogP contribution in [0.2, 0.25) is 0 Å². The van der Waals surface area contributed by atoms with Crippen LogP contribution in [-0.4, -0.2) is 18.9 Å². The molecule has 5 nitrogen and oxygen atoms in total. The van der Waals surface area contributed by atoms with Crippen molar-refractivity contribution in [1.82, 2.24) is 10.9 Å². The van der Waals surface area contributed by atoms with Crippen LogP contribution in [-0.2, 0) is 0 Å². The summed E-state index contributed by atoms with van der Waals surface area (Å²) in [7, 11) is 1.61. The second-order valence-electron chi connectivity index (χ2n) is 5.12. The van der Waals surface area contributed by atoms with Gasteiger partial charge >= 0.3 is 0 Å². The predicted octanol–water partition coefficient (Wildman–Crippen LogP) is 2.42. The average molecular weight is 297 g/mol. The van der Waals surface area contributed by atoms with Gasteiger partial charge < -0.3 is 5.32 Å². The van der Waals surface area contributed by atoms with Crippen molar-refractivity contribution in [3.05, 3.63) is 64.7 Å². The normalized spacial score (nSPS) is 10.1. The Kier molecular flexibility index (Phi) is 4.91. The topological polar surface area (TPSA) is 70.2 Å². The Labute approximate surface area is 129 Å². The minimum atomic E-state index is -0.259. The van der Waals surface area contributed by atoms with Gasteiger partial charge in [-0.2, -0.15) is 0 Å². The number of hydrazine groups is 1. The molecule has 114 valence electrons. The van der Waals surface area contributed by atoms with Crippen molar-refractivity contribution in [2.24, 2.45) is 0 Å². The third kappa shape index (κ3) is 3.93. The molecule has 0 aliphatic carbocycles. The smallest absolute Gasteiger partial charge is 0.265 e. The van der Waals surface area contributed by atoms with Crippen molar-refractivity contribution < 1.29 is 9.59 Å². The van der Waals surface area contributed by atoms with Gasteiger partial charge in [-0.1, -0.05) is 23.3 Å². The van der Waals surface area contributed by atoms with Gasteiger partial charge in [0.2, 0.25) is 0 Å². The molecule has 2 rings (SSSR count). The van der Waals surface area contributed by atoms with E-state index in [2.05, 4.69) is 16.2 Å². The molecule has 2 amide bonds. The van der Waals surface area contributed by atoms with Crippen LogP contribution < -0.4 is 16.2 Å². The maximum absolute atomic E-state index is 12.3. The van der Waals surface area contributed by atoms with Crippen molar-refractivity contribution >= 4 is 17.5 Å². The fourth-order valence-electron chi connectivity index (χ4n) is 2.23. The van der Waals surface area contributed by atoms with Crippen LogP contribution in [0, 0.1) is 13.8 Å². The molecule has 0 radical (unpaired) electrons. The third-order valence-electron chi connectivity index (χ3n) is 3.11. The SMILES string of the molecule is CNNC(=O)c1cccc(NC(=O)c2cc(C)cc(C)c2)c1. The molecule has 0 aliphatic rings. The molecule has 2 aromatic rings. The van der Waals surface area contributed by atoms with Gasteiger partial charge in [-0.15, -0.1) is 0 Å². The minimum Gasteiger partial charge on any atom is -0.322 e. The van der Waals surface area contributed by atoms with Crippen LogP contribution in [0.3, 0.4) is 0 Å². The zero-order chi connectivity index (χ0) is 16.1. The molecule has 0 fully saturated rings. The molecule has 0 atom stereocenters. The molecule has 0 bridgehead atoms. The highest BCUT2D eigenvalue weighted by Crippen LogP contribution is 2.14. The standard InChI is InChI=1S/C17H19N3O2/c1-11-7-12(2)9-14(8-11)16(21)19-15-6-4-5-13(10-15)17(22)20-18-3/h4-10,18H,1-3H3,(H,19,21)(H,20,22). The summed E-state index contributed by atoms with van der Waals surface area (Å²) >= 11 is 0. The van der Waals surface area contributed by atoms with Crippen LogP contribution in [0.25, 0.3) is 0 Å². The van der Waals surface area contributed by atoms with Gasteiger partial charge in [0.25, 0.3) is 11.8 Å². The molecule has 0 spiro atoms. The number of amides is 2. The molecule has 2 aromatic carbocycles. The van der Waals surface area contributed by atoms with Crippen molar-refractivity contribution in [3.63, 3.8) is 0 Å². The van der Waals surface area contributed by atoms with E-state index in [4.69, 9.17) is 0 Å². The van der Waals surface area contributed by atoms with Crippen LogP contribution in [0.15, 0.2) is 42.5 Å². The molecule has 0 aromatic heterocycles. The molecule has 0 heterocycles. The molecular formula is C17H19N3O2. The average Bonchev–Trinajstić information content (AvgIpc) is 2.46. The van der Waals surface area contributed by atoms with E-state index in [1.165, 1.54) is 0 Å². The first-order valence-corrected chi connectivity index (χ1v) is 6.96. The summed E-state index contributed by atoms with van der Waals surface area (Å²) in [6, 6.07) is 12.5. The van der Waals surface area contributed by atoms with Crippen molar-refractivity contribution in [1.29, 1.82) is 0 Å². The molecule has 3 N–H and O–H groups in total. The second kappa shape index (κ2) is 6.87. The number of carbonyl (C=O) groups is 2. The molecule has 0 saturated carbocycles. The summed E-state index contributed by atoms with van der Waals surface area (Å²) in [5.41, 5.74) is 8.78. The molecule has 0 aliphatic heterocycles. The summed E-state index contributed by atoms with van der Waals surface area (Å²) in [6.07, 6.45) is 0. The maximum atomic E-state index is 12.3. The lowest BCUT2D eigenvalue weighted by Crippen LogP contribution is -2.34. The quantitative estimate of drug-likeness (QED) is 0.759. The van der Waals surface area contributed by atoms with Gasteiger partial charge in [-0.25, -0.2) is 5.43 Å². The summed E-state index contributed by atoms with van der Waals surface area (Å²) in [5.74, 6) is -0.456. The van der Waals surface area contributed by atoms with E-state index in [1.54, 1.807) is 31.3 Å². The molecular weight excluding hydrogens is 278 g/mol. The van der Waals surface area contributed by atoms with Crippen molar-refractivity contribution in [3.8, 4) is 0 Å². The number of hydrogen-bond donors (Lipinski definition) is 3. The van der Waals surface area contributed by atoms with Crippen LogP contribution in [0.1, 0.15) is 31.8 Å². The van der Waals surface area contributed by atoms with Crippen molar-refractivity contribution in [2.45, 2.75) is 13.8 Å². The van der Waals surface area contributed by atoms with Crippen LogP contribution >= 0.6 is 0 Å². The lowest BCUT2D eigenvalue weighted by atomic mass is 10.1. The first-order chi connectivity index (χ1) is 10.5. The largest absolute Gasteiger partial charge is 0.322 e. The lowest BCUT2D eigenvalue weighted by Gasteiger charge is -2.09. The van der Waals surface area contributed by atoms with E-state index < -0.39 is 0 Å². The monoisotopic (exact) mass is 297 g/mol. The fraction of sp³-hybridized carbons (Fsp3) is 0.176. The summed E-state index contributed by atoms with van der Waals surface area (Å²) in [4.78, 5) is 24.1. The minimum absolute atomic E-state index is 0.196. The molecule has 22 heavy (non-hydrogen) atoms. The summed E-state index contributed by atoms with van der Waals surface area (Å²) < 4.78 is 0. The number of rotatable bonds is 4. The predicted molar refractivity (Wildman–Crippen MR) is 86.8 cm³/mol. The number of anilines is 1. The van der Waals surface area contributed by atoms with Gasteiger partial charge in [0.05, 0.1) is 0 Å². The van der Waals surface area contributed by atoms with Gasteiger partial charge in [0.1, 0.15) is 0 Å². The molecule has 0 saturated heterocycles. The van der Waals surface area contributed by atoms with Crippen LogP contribution in [0.5, 0.6) is 0 Å². The Hall–Kier alpha value is -2.66. The number of nitrogens with one attached hydrogen (secondary N) is 3. The summed E-state index contributed by atoms with van der Waals surface area (Å²) in [5, 5.41) is 2.81. The van der Waals surface area contributed by atoms with E-state index in [1.807, 2.05) is 32.0 Å². The molecule has 5 heteroatoms. The van der Waals surface area contributed by atoms with E-state index in [0.29, 0.717) is 16.8 Å². The number of hydrogen-bond acceptors (Lipinski definition) is 3. The zero-order valence-corrected chi connectivity index (χ0v) is 12.9. The fourth-order valence-corrected chi connectivity index (χ4v) is 2.23. The highest BCUT2D eigenvalue weighted by atomic mass is 16.2.